The molecule has 15 heteroatoms. The van der Waals surface area contributed by atoms with Gasteiger partial charge in [0, 0.05) is 4.88 Å². The highest BCUT2D eigenvalue weighted by atomic mass is 32.2. The van der Waals surface area contributed by atoms with Crippen LogP contribution in [0.2, 0.25) is 0 Å². The first-order chi connectivity index (χ1) is 18.1. The van der Waals surface area contributed by atoms with Gasteiger partial charge in [-0.05, 0) is 65.5 Å². The maximum Gasteiger partial charge on any atom is 0.416 e. The van der Waals surface area contributed by atoms with Crippen molar-refractivity contribution in [2.45, 2.75) is 22.1 Å². The maximum atomic E-state index is 13.1. The maximum absolute atomic E-state index is 13.1. The van der Waals surface area contributed by atoms with Gasteiger partial charge in [0.15, 0.2) is 0 Å². The molecule has 0 saturated carbocycles. The molecule has 39 heavy (non-hydrogen) atoms. The highest BCUT2D eigenvalue weighted by Crippen LogP contribution is 2.36. The third-order valence-electron chi connectivity index (χ3n) is 5.26. The van der Waals surface area contributed by atoms with Crippen molar-refractivity contribution in [3.05, 3.63) is 95.4 Å². The molecule has 206 valence electrons. The van der Waals surface area contributed by atoms with E-state index in [1.165, 1.54) is 29.5 Å². The predicted octanol–water partition coefficient (Wildman–Crippen LogP) is 7.05. The minimum absolute atomic E-state index is 0.367. The smallest absolute Gasteiger partial charge is 0.277 e. The van der Waals surface area contributed by atoms with E-state index >= 15 is 0 Å². The highest BCUT2D eigenvalue weighted by molar-refractivity contribution is 7.93. The quantitative estimate of drug-likeness (QED) is 0.221. The number of benzene rings is 3. The average Bonchev–Trinajstić information content (AvgIpc) is 3.39. The zero-order chi connectivity index (χ0) is 28.6. The Balaban J connectivity index is 1.77. The van der Waals surface area contributed by atoms with Crippen LogP contribution in [0.3, 0.4) is 0 Å². The summed E-state index contributed by atoms with van der Waals surface area (Å²) in [4.78, 5) is -0.835. The van der Waals surface area contributed by atoms with Crippen molar-refractivity contribution in [2.75, 3.05) is 9.44 Å². The van der Waals surface area contributed by atoms with Crippen LogP contribution in [-0.4, -0.2) is 16.8 Å². The van der Waals surface area contributed by atoms with Crippen molar-refractivity contribution in [1.29, 1.82) is 0 Å². The standard InChI is InChI=1S/C24H16F6N2O4S3/c25-23(26,27)16-4-1-6-18(13-16)38(33,34)31-20-10-9-15(22-8-3-11-37-22)12-21(20)32-39(35,36)19-7-2-5-17(14-19)24(28,29)30/h1-14,31-32H. The second-order valence-electron chi connectivity index (χ2n) is 8.00. The molecule has 0 aliphatic rings. The van der Waals surface area contributed by atoms with Crippen LogP contribution in [0, 0.1) is 0 Å². The topological polar surface area (TPSA) is 92.3 Å². The first-order valence-electron chi connectivity index (χ1n) is 10.6. The molecule has 0 aliphatic carbocycles. The molecule has 2 N–H and O–H groups in total. The number of anilines is 2. The lowest BCUT2D eigenvalue weighted by Gasteiger charge is -2.17. The summed E-state index contributed by atoms with van der Waals surface area (Å²) in [6.45, 7) is 0. The normalized spacial score (nSPS) is 12.8. The van der Waals surface area contributed by atoms with Gasteiger partial charge >= 0.3 is 12.4 Å². The van der Waals surface area contributed by atoms with E-state index in [4.69, 9.17) is 0 Å². The van der Waals surface area contributed by atoms with E-state index in [1.54, 1.807) is 17.5 Å². The van der Waals surface area contributed by atoms with Gasteiger partial charge in [0.2, 0.25) is 0 Å². The van der Waals surface area contributed by atoms with E-state index < -0.39 is 53.3 Å². The monoisotopic (exact) mass is 606 g/mol. The second-order valence-corrected chi connectivity index (χ2v) is 12.3. The first-order valence-corrected chi connectivity index (χ1v) is 14.5. The fourth-order valence-electron chi connectivity index (χ4n) is 3.40. The van der Waals surface area contributed by atoms with E-state index in [0.29, 0.717) is 34.7 Å². The van der Waals surface area contributed by atoms with Crippen LogP contribution in [0.4, 0.5) is 37.7 Å². The van der Waals surface area contributed by atoms with E-state index in [1.807, 2.05) is 0 Å². The van der Waals surface area contributed by atoms with Gasteiger partial charge in [0.05, 0.1) is 32.3 Å². The molecule has 0 saturated heterocycles. The van der Waals surface area contributed by atoms with Crippen LogP contribution < -0.4 is 9.44 Å². The molecule has 3 aromatic carbocycles. The summed E-state index contributed by atoms with van der Waals surface area (Å²) in [5, 5.41) is 1.73. The van der Waals surface area contributed by atoms with Crippen LogP contribution in [0.1, 0.15) is 11.1 Å². The van der Waals surface area contributed by atoms with Gasteiger partial charge < -0.3 is 0 Å². The third kappa shape index (κ3) is 6.54. The zero-order valence-corrected chi connectivity index (χ0v) is 21.7. The summed E-state index contributed by atoms with van der Waals surface area (Å²) in [7, 11) is -9.34. The van der Waals surface area contributed by atoms with Crippen molar-refractivity contribution >= 4 is 42.8 Å². The number of sulfonamides is 2. The SMILES string of the molecule is O=S(=O)(Nc1ccc(-c2cccs2)cc1NS(=O)(=O)c1cccc(C(F)(F)F)c1)c1cccc(C(F)(F)F)c1. The lowest BCUT2D eigenvalue weighted by atomic mass is 10.1. The van der Waals surface area contributed by atoms with E-state index in [2.05, 4.69) is 9.44 Å². The number of halogens is 6. The van der Waals surface area contributed by atoms with Crippen molar-refractivity contribution in [1.82, 2.24) is 0 Å². The van der Waals surface area contributed by atoms with E-state index in [9.17, 15) is 43.2 Å². The van der Waals surface area contributed by atoms with Gasteiger partial charge in [-0.25, -0.2) is 16.8 Å². The molecule has 0 aliphatic heterocycles. The third-order valence-corrected chi connectivity index (χ3v) is 8.90. The van der Waals surface area contributed by atoms with Crippen molar-refractivity contribution in [3.8, 4) is 10.4 Å². The number of alkyl halides is 6. The van der Waals surface area contributed by atoms with Gasteiger partial charge in [-0.2, -0.15) is 26.3 Å². The van der Waals surface area contributed by atoms with Gasteiger partial charge in [-0.3, -0.25) is 9.44 Å². The Bertz CT molecular complexity index is 1720. The Labute approximate surface area is 223 Å². The summed E-state index contributed by atoms with van der Waals surface area (Å²) < 4.78 is 135. The van der Waals surface area contributed by atoms with Crippen molar-refractivity contribution < 1.29 is 43.2 Å². The molecule has 0 radical (unpaired) electrons. The van der Waals surface area contributed by atoms with Crippen LogP contribution in [-0.2, 0) is 32.4 Å². The summed E-state index contributed by atoms with van der Waals surface area (Å²) in [5.74, 6) is 0. The zero-order valence-electron chi connectivity index (χ0n) is 19.2. The van der Waals surface area contributed by atoms with E-state index in [-0.39, 0.29) is 11.4 Å². The Hall–Kier alpha value is -3.56. The molecular weight excluding hydrogens is 590 g/mol. The minimum Gasteiger partial charge on any atom is -0.277 e. The van der Waals surface area contributed by atoms with Gasteiger partial charge in [0.1, 0.15) is 0 Å². The van der Waals surface area contributed by atoms with Crippen LogP contribution in [0.15, 0.2) is 94.0 Å². The highest BCUT2D eigenvalue weighted by Gasteiger charge is 2.33. The van der Waals surface area contributed by atoms with Gasteiger partial charge in [-0.15, -0.1) is 11.3 Å². The Morgan fingerprint density at radius 3 is 1.56 bits per heavy atom. The molecule has 0 fully saturated rings. The first kappa shape index (κ1) is 28.4. The largest absolute Gasteiger partial charge is 0.416 e. The lowest BCUT2D eigenvalue weighted by Crippen LogP contribution is -2.18. The van der Waals surface area contributed by atoms with Crippen molar-refractivity contribution in [3.63, 3.8) is 0 Å². The molecule has 0 amide bonds. The van der Waals surface area contributed by atoms with Crippen LogP contribution in [0.25, 0.3) is 10.4 Å². The molecule has 0 bridgehead atoms. The second kappa shape index (κ2) is 10.2. The molecule has 6 nitrogen and oxygen atoms in total. The molecule has 0 unspecified atom stereocenters. The number of nitrogens with one attached hydrogen (secondary N) is 2. The lowest BCUT2D eigenvalue weighted by molar-refractivity contribution is -0.138. The Morgan fingerprint density at radius 2 is 1.10 bits per heavy atom. The van der Waals surface area contributed by atoms with Gasteiger partial charge in [0.25, 0.3) is 20.0 Å². The van der Waals surface area contributed by atoms with Crippen LogP contribution >= 0.6 is 11.3 Å². The Kier molecular flexibility index (Phi) is 7.44. The number of hydrogen-bond acceptors (Lipinski definition) is 5. The molecule has 4 aromatic rings. The Morgan fingerprint density at radius 1 is 0.590 bits per heavy atom. The van der Waals surface area contributed by atoms with Gasteiger partial charge in [-0.1, -0.05) is 24.3 Å². The summed E-state index contributed by atoms with van der Waals surface area (Å²) in [6.07, 6.45) is -9.64. The predicted molar refractivity (Wildman–Crippen MR) is 134 cm³/mol. The summed E-state index contributed by atoms with van der Waals surface area (Å²) >= 11 is 1.28. The molecule has 1 heterocycles. The molecule has 1 aromatic heterocycles. The molecule has 4 rings (SSSR count). The number of rotatable bonds is 7. The van der Waals surface area contributed by atoms with E-state index in [0.717, 1.165) is 24.3 Å². The number of hydrogen-bond donors (Lipinski definition) is 2. The molecular formula is C24H16F6N2O4S3. The fraction of sp³-hybridized carbons (Fsp3) is 0.0833. The molecule has 0 spiro atoms. The summed E-state index contributed by atoms with van der Waals surface area (Å²) in [6, 6.07) is 13.1. The van der Waals surface area contributed by atoms with Crippen LogP contribution in [0.5, 0.6) is 0 Å². The van der Waals surface area contributed by atoms with Crippen molar-refractivity contribution in [2.24, 2.45) is 0 Å². The summed E-state index contributed by atoms with van der Waals surface area (Å²) in [5.41, 5.74) is -2.74. The molecule has 0 atom stereocenters. The number of thiophene rings is 1. The fourth-order valence-corrected chi connectivity index (χ4v) is 6.37. The average molecular weight is 607 g/mol. The minimum atomic E-state index is -4.82.